The smallest absolute Gasteiger partial charge is 0.416 e. The van der Waals surface area contributed by atoms with Gasteiger partial charge >= 0.3 is 11.9 Å². The maximum Gasteiger partial charge on any atom is 0.416 e. The predicted molar refractivity (Wildman–Crippen MR) is 117 cm³/mol. The normalized spacial score (nSPS) is 11.3. The first kappa shape index (κ1) is 25.1. The van der Waals surface area contributed by atoms with Crippen molar-refractivity contribution in [3.8, 4) is 17.2 Å². The van der Waals surface area contributed by atoms with Gasteiger partial charge in [0.25, 0.3) is 5.91 Å². The number of nitro benzene ring substituents is 1. The molecule has 0 radical (unpaired) electrons. The third-order valence-corrected chi connectivity index (χ3v) is 4.44. The second-order valence-corrected chi connectivity index (χ2v) is 6.89. The number of carbonyl (C=O) groups excluding carboxylic acids is 1. The van der Waals surface area contributed by atoms with Gasteiger partial charge in [0.05, 0.1) is 23.3 Å². The molecule has 0 heterocycles. The summed E-state index contributed by atoms with van der Waals surface area (Å²) in [5, 5.41) is 15.1. The summed E-state index contributed by atoms with van der Waals surface area (Å²) >= 11 is 0. The van der Waals surface area contributed by atoms with Gasteiger partial charge < -0.3 is 9.47 Å². The first-order valence-electron chi connectivity index (χ1n) is 9.97. The molecule has 0 aliphatic heterocycles. The van der Waals surface area contributed by atoms with Crippen molar-refractivity contribution in [2.75, 3.05) is 6.61 Å². The zero-order chi connectivity index (χ0) is 25.6. The van der Waals surface area contributed by atoms with E-state index < -0.39 is 39.8 Å². The highest BCUT2D eigenvalue weighted by Gasteiger charge is 2.33. The summed E-state index contributed by atoms with van der Waals surface area (Å²) in [5.41, 5.74) is 0.690. The average Bonchev–Trinajstić information content (AvgIpc) is 2.80. The number of carbonyl (C=O) groups is 1. The number of hydrazone groups is 1. The van der Waals surface area contributed by atoms with Gasteiger partial charge in [0.2, 0.25) is 5.75 Å². The minimum absolute atomic E-state index is 0.00987. The molecule has 0 atom stereocenters. The van der Waals surface area contributed by atoms with Gasteiger partial charge in [0.15, 0.2) is 11.5 Å². The van der Waals surface area contributed by atoms with E-state index in [-0.39, 0.29) is 23.7 Å². The molecule has 0 aliphatic carbocycles. The molecule has 8 nitrogen and oxygen atoms in total. The van der Waals surface area contributed by atoms with E-state index in [2.05, 4.69) is 10.5 Å². The van der Waals surface area contributed by atoms with Crippen LogP contribution in [-0.4, -0.2) is 23.7 Å². The summed E-state index contributed by atoms with van der Waals surface area (Å²) in [7, 11) is 0. The Morgan fingerprint density at radius 1 is 1.09 bits per heavy atom. The number of hydrogen-bond acceptors (Lipinski definition) is 6. The van der Waals surface area contributed by atoms with E-state index >= 15 is 0 Å². The number of halogens is 4. The van der Waals surface area contributed by atoms with Crippen molar-refractivity contribution < 1.29 is 36.8 Å². The third kappa shape index (κ3) is 6.53. The molecule has 0 aromatic heterocycles. The molecule has 3 aromatic carbocycles. The number of ether oxygens (including phenoxy) is 2. The topological polar surface area (TPSA) is 103 Å². The lowest BCUT2D eigenvalue weighted by molar-refractivity contribution is -0.385. The van der Waals surface area contributed by atoms with Gasteiger partial charge in [-0.3, -0.25) is 14.9 Å². The highest BCUT2D eigenvalue weighted by atomic mass is 19.4. The van der Waals surface area contributed by atoms with Crippen LogP contribution in [-0.2, 0) is 6.18 Å². The molecule has 0 fully saturated rings. The van der Waals surface area contributed by atoms with E-state index in [0.29, 0.717) is 17.7 Å². The maximum absolute atomic E-state index is 13.2. The summed E-state index contributed by atoms with van der Waals surface area (Å²) in [6.07, 6.45) is -3.49. The Morgan fingerprint density at radius 2 is 1.83 bits per heavy atom. The van der Waals surface area contributed by atoms with Crippen molar-refractivity contribution in [2.45, 2.75) is 13.1 Å². The van der Waals surface area contributed by atoms with Crippen molar-refractivity contribution >= 4 is 17.8 Å². The Hall–Kier alpha value is -4.48. The molecule has 0 saturated heterocycles. The van der Waals surface area contributed by atoms with Crippen LogP contribution in [0, 0.1) is 15.9 Å². The largest absolute Gasteiger partial charge is 0.490 e. The number of amides is 1. The SMILES string of the molecule is CCOc1cc(/C=N/NC(=O)c2cccc(F)c2)ccc1Oc1ccc(C(F)(F)F)cc1[N+](=O)[O-]. The molecule has 0 saturated carbocycles. The van der Waals surface area contributed by atoms with Crippen LogP contribution < -0.4 is 14.9 Å². The molecule has 3 aromatic rings. The lowest BCUT2D eigenvalue weighted by atomic mass is 10.1. The van der Waals surface area contributed by atoms with Crippen molar-refractivity contribution in [3.63, 3.8) is 0 Å². The number of rotatable bonds is 8. The molecule has 0 bridgehead atoms. The lowest BCUT2D eigenvalue weighted by Crippen LogP contribution is -2.17. The number of nitrogens with one attached hydrogen (secondary N) is 1. The van der Waals surface area contributed by atoms with Crippen LogP contribution in [0.1, 0.15) is 28.4 Å². The lowest BCUT2D eigenvalue weighted by Gasteiger charge is -2.13. The van der Waals surface area contributed by atoms with Gasteiger partial charge in [-0.15, -0.1) is 0 Å². The fraction of sp³-hybridized carbons (Fsp3) is 0.130. The van der Waals surface area contributed by atoms with Crippen LogP contribution in [0.4, 0.5) is 23.2 Å². The van der Waals surface area contributed by atoms with E-state index in [0.717, 1.165) is 12.1 Å². The molecule has 35 heavy (non-hydrogen) atoms. The molecule has 3 rings (SSSR count). The molecule has 0 unspecified atom stereocenters. The number of nitro groups is 1. The molecular weight excluding hydrogens is 474 g/mol. The van der Waals surface area contributed by atoms with Gasteiger partial charge in [0.1, 0.15) is 5.82 Å². The fourth-order valence-electron chi connectivity index (χ4n) is 2.86. The van der Waals surface area contributed by atoms with Gasteiger partial charge in [-0.2, -0.15) is 18.3 Å². The van der Waals surface area contributed by atoms with Crippen molar-refractivity contribution in [2.24, 2.45) is 5.10 Å². The maximum atomic E-state index is 13.2. The van der Waals surface area contributed by atoms with Crippen molar-refractivity contribution in [1.29, 1.82) is 0 Å². The van der Waals surface area contributed by atoms with Gasteiger partial charge in [-0.1, -0.05) is 6.07 Å². The molecule has 1 N–H and O–H groups in total. The molecular formula is C23H17F4N3O5. The van der Waals surface area contributed by atoms with E-state index in [1.165, 1.54) is 42.6 Å². The molecule has 1 amide bonds. The highest BCUT2D eigenvalue weighted by molar-refractivity contribution is 5.94. The second kappa shape index (κ2) is 10.6. The van der Waals surface area contributed by atoms with Crippen LogP contribution in [0.2, 0.25) is 0 Å². The van der Waals surface area contributed by atoms with E-state index in [1.807, 2.05) is 0 Å². The quantitative estimate of drug-likeness (QED) is 0.188. The molecule has 0 spiro atoms. The monoisotopic (exact) mass is 491 g/mol. The average molecular weight is 491 g/mol. The van der Waals surface area contributed by atoms with Crippen LogP contribution in [0.25, 0.3) is 0 Å². The Balaban J connectivity index is 1.81. The Bertz CT molecular complexity index is 1280. The van der Waals surface area contributed by atoms with Crippen molar-refractivity contribution in [1.82, 2.24) is 5.43 Å². The first-order chi connectivity index (χ1) is 16.6. The van der Waals surface area contributed by atoms with E-state index in [4.69, 9.17) is 9.47 Å². The summed E-state index contributed by atoms with van der Waals surface area (Å²) in [6.45, 7) is 1.85. The Labute approximate surface area is 195 Å². The zero-order valence-corrected chi connectivity index (χ0v) is 18.0. The van der Waals surface area contributed by atoms with Crippen LogP contribution >= 0.6 is 0 Å². The predicted octanol–water partition coefficient (Wildman–Crippen LogP) is 5.71. The standard InChI is InChI=1S/C23H17F4N3O5/c1-2-34-21-10-14(13-28-29-22(31)15-4-3-5-17(24)11-15)6-8-20(21)35-19-9-7-16(23(25,26)27)12-18(19)30(32)33/h3-13H,2H2,1H3,(H,29,31)/b28-13+. The van der Waals surface area contributed by atoms with Gasteiger partial charge in [-0.25, -0.2) is 9.82 Å². The van der Waals surface area contributed by atoms with E-state index in [1.54, 1.807) is 6.92 Å². The van der Waals surface area contributed by atoms with Crippen molar-refractivity contribution in [3.05, 3.63) is 93.3 Å². The number of benzene rings is 3. The van der Waals surface area contributed by atoms with Crippen LogP contribution in [0.15, 0.2) is 65.8 Å². The Kier molecular flexibility index (Phi) is 7.64. The van der Waals surface area contributed by atoms with Crippen LogP contribution in [0.5, 0.6) is 17.2 Å². The minimum atomic E-state index is -4.76. The number of hydrogen-bond donors (Lipinski definition) is 1. The summed E-state index contributed by atoms with van der Waals surface area (Å²) < 4.78 is 63.0. The summed E-state index contributed by atoms with van der Waals surface area (Å²) in [6, 6.07) is 11.2. The zero-order valence-electron chi connectivity index (χ0n) is 18.0. The molecule has 182 valence electrons. The first-order valence-corrected chi connectivity index (χ1v) is 9.97. The number of nitrogens with zero attached hydrogens (tertiary/aromatic N) is 2. The van der Waals surface area contributed by atoms with Crippen LogP contribution in [0.3, 0.4) is 0 Å². The van der Waals surface area contributed by atoms with Gasteiger partial charge in [-0.05, 0) is 61.0 Å². The minimum Gasteiger partial charge on any atom is -0.490 e. The highest BCUT2D eigenvalue weighted by Crippen LogP contribution is 2.40. The fourth-order valence-corrected chi connectivity index (χ4v) is 2.86. The summed E-state index contributed by atoms with van der Waals surface area (Å²) in [4.78, 5) is 22.4. The molecule has 0 aliphatic rings. The van der Waals surface area contributed by atoms with Gasteiger partial charge in [0, 0.05) is 11.6 Å². The Morgan fingerprint density at radius 3 is 2.49 bits per heavy atom. The summed E-state index contributed by atoms with van der Waals surface area (Å²) in [5.74, 6) is -1.49. The number of alkyl halides is 3. The second-order valence-electron chi connectivity index (χ2n) is 6.89. The third-order valence-electron chi connectivity index (χ3n) is 4.44. The van der Waals surface area contributed by atoms with E-state index in [9.17, 15) is 32.5 Å². The molecule has 12 heteroatoms.